The van der Waals surface area contributed by atoms with Crippen molar-refractivity contribution in [3.05, 3.63) is 59.1 Å². The second-order valence-electron chi connectivity index (χ2n) is 4.44. The minimum atomic E-state index is -0.761. The number of anilines is 2. The molecule has 2 rings (SSSR count). The molecule has 0 bridgehead atoms. The van der Waals surface area contributed by atoms with Crippen molar-refractivity contribution < 1.29 is 9.59 Å². The maximum Gasteiger partial charge on any atom is 0.314 e. The first-order valence-electron chi connectivity index (χ1n) is 6.56. The molecule has 2 amide bonds. The van der Waals surface area contributed by atoms with Gasteiger partial charge < -0.3 is 10.6 Å². The molecule has 21 heavy (non-hydrogen) atoms. The van der Waals surface area contributed by atoms with Crippen LogP contribution in [0.5, 0.6) is 0 Å². The van der Waals surface area contributed by atoms with E-state index in [9.17, 15) is 9.59 Å². The van der Waals surface area contributed by atoms with Crippen LogP contribution in [0.4, 0.5) is 11.4 Å². The third-order valence-corrected chi connectivity index (χ3v) is 3.28. The number of hydrogen-bond acceptors (Lipinski definition) is 2. The number of rotatable bonds is 3. The lowest BCUT2D eigenvalue weighted by Gasteiger charge is -2.08. The van der Waals surface area contributed by atoms with E-state index in [1.165, 1.54) is 0 Å². The van der Waals surface area contributed by atoms with Crippen molar-refractivity contribution in [2.24, 2.45) is 0 Å². The van der Waals surface area contributed by atoms with Crippen molar-refractivity contribution in [2.45, 2.75) is 13.3 Å². The first-order chi connectivity index (χ1) is 10.1. The molecule has 2 N–H and O–H groups in total. The third kappa shape index (κ3) is 4.07. The number of para-hydroxylation sites is 1. The van der Waals surface area contributed by atoms with Crippen molar-refractivity contribution in [3.63, 3.8) is 0 Å². The van der Waals surface area contributed by atoms with Crippen LogP contribution in [0.3, 0.4) is 0 Å². The molecule has 0 saturated carbocycles. The molecule has 4 nitrogen and oxygen atoms in total. The molecule has 0 aliphatic carbocycles. The molecule has 0 aromatic heterocycles. The van der Waals surface area contributed by atoms with Crippen LogP contribution in [-0.4, -0.2) is 11.8 Å². The fraction of sp³-hybridized carbons (Fsp3) is 0.125. The van der Waals surface area contributed by atoms with Crippen LogP contribution in [0.2, 0.25) is 5.02 Å². The van der Waals surface area contributed by atoms with Crippen molar-refractivity contribution in [1.29, 1.82) is 0 Å². The summed E-state index contributed by atoms with van der Waals surface area (Å²) in [6.07, 6.45) is 0.918. The SMILES string of the molecule is CCc1ccc(NC(=O)C(=O)Nc2ccccc2Cl)cc1. The Morgan fingerprint density at radius 2 is 1.57 bits per heavy atom. The molecule has 0 radical (unpaired) electrons. The number of carbonyl (C=O) groups is 2. The van der Waals surface area contributed by atoms with Crippen molar-refractivity contribution >= 4 is 34.8 Å². The highest BCUT2D eigenvalue weighted by atomic mass is 35.5. The van der Waals surface area contributed by atoms with Gasteiger partial charge in [0.05, 0.1) is 10.7 Å². The van der Waals surface area contributed by atoms with Gasteiger partial charge in [-0.15, -0.1) is 0 Å². The Labute approximate surface area is 128 Å². The zero-order valence-electron chi connectivity index (χ0n) is 11.5. The minimum Gasteiger partial charge on any atom is -0.318 e. The number of hydrogen-bond donors (Lipinski definition) is 2. The highest BCUT2D eigenvalue weighted by Crippen LogP contribution is 2.20. The topological polar surface area (TPSA) is 58.2 Å². The van der Waals surface area contributed by atoms with Crippen molar-refractivity contribution in [2.75, 3.05) is 10.6 Å². The van der Waals surface area contributed by atoms with Crippen molar-refractivity contribution in [1.82, 2.24) is 0 Å². The standard InChI is InChI=1S/C16H15ClN2O2/c1-2-11-7-9-12(10-8-11)18-15(20)16(21)19-14-6-4-3-5-13(14)17/h3-10H,2H2,1H3,(H,18,20)(H,19,21). The summed E-state index contributed by atoms with van der Waals surface area (Å²) in [5, 5.41) is 5.39. The fourth-order valence-corrected chi connectivity index (χ4v) is 1.94. The van der Waals surface area contributed by atoms with Gasteiger partial charge in [-0.25, -0.2) is 0 Å². The van der Waals surface area contributed by atoms with Crippen LogP contribution in [0.25, 0.3) is 0 Å². The zero-order chi connectivity index (χ0) is 15.2. The number of aryl methyl sites for hydroxylation is 1. The molecule has 2 aromatic rings. The van der Waals surface area contributed by atoms with Gasteiger partial charge in [-0.1, -0.05) is 42.8 Å². The lowest BCUT2D eigenvalue weighted by atomic mass is 10.1. The van der Waals surface area contributed by atoms with Gasteiger partial charge in [0, 0.05) is 5.69 Å². The van der Waals surface area contributed by atoms with E-state index in [1.807, 2.05) is 19.1 Å². The normalized spacial score (nSPS) is 10.0. The Hall–Kier alpha value is -2.33. The average Bonchev–Trinajstić information content (AvgIpc) is 2.50. The monoisotopic (exact) mass is 302 g/mol. The Kier molecular flexibility index (Phi) is 4.95. The molecular weight excluding hydrogens is 288 g/mol. The van der Waals surface area contributed by atoms with Crippen LogP contribution in [0.15, 0.2) is 48.5 Å². The molecule has 0 spiro atoms. The smallest absolute Gasteiger partial charge is 0.314 e. The molecule has 0 fully saturated rings. The predicted molar refractivity (Wildman–Crippen MR) is 84.5 cm³/mol. The van der Waals surface area contributed by atoms with E-state index in [0.717, 1.165) is 12.0 Å². The Bertz CT molecular complexity index is 654. The van der Waals surface area contributed by atoms with E-state index < -0.39 is 11.8 Å². The van der Waals surface area contributed by atoms with Gasteiger partial charge in [0.1, 0.15) is 0 Å². The highest BCUT2D eigenvalue weighted by Gasteiger charge is 2.15. The van der Waals surface area contributed by atoms with Crippen LogP contribution in [0, 0.1) is 0 Å². The Morgan fingerprint density at radius 3 is 2.19 bits per heavy atom. The van der Waals surface area contributed by atoms with Crippen LogP contribution in [0.1, 0.15) is 12.5 Å². The van der Waals surface area contributed by atoms with Crippen LogP contribution < -0.4 is 10.6 Å². The summed E-state index contributed by atoms with van der Waals surface area (Å²) in [6, 6.07) is 14.1. The molecule has 0 atom stereocenters. The molecule has 108 valence electrons. The summed E-state index contributed by atoms with van der Waals surface area (Å²) >= 11 is 5.92. The number of carbonyl (C=O) groups excluding carboxylic acids is 2. The molecule has 2 aromatic carbocycles. The summed E-state index contributed by atoms with van der Waals surface area (Å²) in [5.41, 5.74) is 2.14. The van der Waals surface area contributed by atoms with Gasteiger partial charge in [0.2, 0.25) is 0 Å². The van der Waals surface area contributed by atoms with Gasteiger partial charge in [0.15, 0.2) is 0 Å². The number of halogens is 1. The van der Waals surface area contributed by atoms with E-state index in [-0.39, 0.29) is 0 Å². The largest absolute Gasteiger partial charge is 0.318 e. The molecule has 0 unspecified atom stereocenters. The predicted octanol–water partition coefficient (Wildman–Crippen LogP) is 3.48. The maximum atomic E-state index is 11.8. The number of benzene rings is 2. The molecular formula is C16H15ClN2O2. The van der Waals surface area contributed by atoms with Gasteiger partial charge in [-0.3, -0.25) is 9.59 Å². The fourth-order valence-electron chi connectivity index (χ4n) is 1.75. The molecule has 0 aliphatic rings. The first kappa shape index (κ1) is 15.1. The van der Waals surface area contributed by atoms with Gasteiger partial charge in [-0.05, 0) is 36.2 Å². The van der Waals surface area contributed by atoms with Crippen LogP contribution >= 0.6 is 11.6 Å². The lowest BCUT2D eigenvalue weighted by Crippen LogP contribution is -2.29. The second-order valence-corrected chi connectivity index (χ2v) is 4.85. The average molecular weight is 303 g/mol. The Balaban J connectivity index is 1.99. The molecule has 0 heterocycles. The van der Waals surface area contributed by atoms with E-state index in [1.54, 1.807) is 36.4 Å². The zero-order valence-corrected chi connectivity index (χ0v) is 12.3. The van der Waals surface area contributed by atoms with E-state index in [4.69, 9.17) is 11.6 Å². The highest BCUT2D eigenvalue weighted by molar-refractivity contribution is 6.44. The summed E-state index contributed by atoms with van der Waals surface area (Å²) in [7, 11) is 0. The van der Waals surface area contributed by atoms with Gasteiger partial charge >= 0.3 is 11.8 Å². The summed E-state index contributed by atoms with van der Waals surface area (Å²) in [4.78, 5) is 23.6. The number of nitrogens with one attached hydrogen (secondary N) is 2. The summed E-state index contributed by atoms with van der Waals surface area (Å²) < 4.78 is 0. The Morgan fingerprint density at radius 1 is 0.952 bits per heavy atom. The molecule has 5 heteroatoms. The van der Waals surface area contributed by atoms with E-state index in [2.05, 4.69) is 10.6 Å². The molecule has 0 saturated heterocycles. The summed E-state index contributed by atoms with van der Waals surface area (Å²) in [5.74, 6) is -1.50. The van der Waals surface area contributed by atoms with E-state index >= 15 is 0 Å². The number of amides is 2. The van der Waals surface area contributed by atoms with Crippen LogP contribution in [-0.2, 0) is 16.0 Å². The van der Waals surface area contributed by atoms with E-state index in [0.29, 0.717) is 16.4 Å². The van der Waals surface area contributed by atoms with Gasteiger partial charge in [-0.2, -0.15) is 0 Å². The van der Waals surface area contributed by atoms with Crippen molar-refractivity contribution in [3.8, 4) is 0 Å². The minimum absolute atomic E-state index is 0.381. The lowest BCUT2D eigenvalue weighted by molar-refractivity contribution is -0.132. The quantitative estimate of drug-likeness (QED) is 0.853. The summed E-state index contributed by atoms with van der Waals surface area (Å²) in [6.45, 7) is 2.05. The second kappa shape index (κ2) is 6.90. The first-order valence-corrected chi connectivity index (χ1v) is 6.93. The van der Waals surface area contributed by atoms with Gasteiger partial charge in [0.25, 0.3) is 0 Å². The molecule has 0 aliphatic heterocycles. The maximum absolute atomic E-state index is 11.8. The third-order valence-electron chi connectivity index (χ3n) is 2.95.